The predicted octanol–water partition coefficient (Wildman–Crippen LogP) is 2.79. The standard InChI is InChI=1S/C18H30N2O/c1-12(19)16-2-3-20(11-16)17(21)10-18-7-13-4-14(8-18)6-15(5-13)9-18/h12-16H,2-11,19H2,1H3. The van der Waals surface area contributed by atoms with Crippen molar-refractivity contribution in [3.63, 3.8) is 0 Å². The van der Waals surface area contributed by atoms with Crippen molar-refractivity contribution in [2.24, 2.45) is 34.8 Å². The molecule has 3 heteroatoms. The van der Waals surface area contributed by atoms with E-state index in [9.17, 15) is 4.79 Å². The van der Waals surface area contributed by atoms with Crippen molar-refractivity contribution < 1.29 is 4.79 Å². The van der Waals surface area contributed by atoms with Gasteiger partial charge in [-0.25, -0.2) is 0 Å². The van der Waals surface area contributed by atoms with Crippen LogP contribution in [0.4, 0.5) is 0 Å². The first-order valence-electron chi connectivity index (χ1n) is 9.06. The van der Waals surface area contributed by atoms with Crippen LogP contribution in [-0.4, -0.2) is 29.9 Å². The van der Waals surface area contributed by atoms with Gasteiger partial charge < -0.3 is 10.6 Å². The van der Waals surface area contributed by atoms with Crippen LogP contribution in [0.5, 0.6) is 0 Å². The Morgan fingerprint density at radius 1 is 1.19 bits per heavy atom. The number of likely N-dealkylation sites (tertiary alicyclic amines) is 1. The third kappa shape index (κ3) is 2.52. The number of amides is 1. The van der Waals surface area contributed by atoms with Gasteiger partial charge in [-0.05, 0) is 81.0 Å². The van der Waals surface area contributed by atoms with Crippen molar-refractivity contribution in [1.82, 2.24) is 4.90 Å². The number of hydrogen-bond acceptors (Lipinski definition) is 2. The van der Waals surface area contributed by atoms with Gasteiger partial charge in [-0.3, -0.25) is 4.79 Å². The largest absolute Gasteiger partial charge is 0.342 e. The van der Waals surface area contributed by atoms with E-state index >= 15 is 0 Å². The molecular weight excluding hydrogens is 260 g/mol. The van der Waals surface area contributed by atoms with Crippen LogP contribution in [0.25, 0.3) is 0 Å². The first kappa shape index (κ1) is 14.0. The lowest BCUT2D eigenvalue weighted by Gasteiger charge is -2.56. The molecule has 21 heavy (non-hydrogen) atoms. The summed E-state index contributed by atoms with van der Waals surface area (Å²) < 4.78 is 0. The molecule has 1 saturated heterocycles. The molecule has 0 spiro atoms. The van der Waals surface area contributed by atoms with Gasteiger partial charge in [0.15, 0.2) is 0 Å². The van der Waals surface area contributed by atoms with Crippen LogP contribution >= 0.6 is 0 Å². The van der Waals surface area contributed by atoms with Gasteiger partial charge in [0.1, 0.15) is 0 Å². The Hall–Kier alpha value is -0.570. The van der Waals surface area contributed by atoms with Crippen LogP contribution in [0, 0.1) is 29.1 Å². The van der Waals surface area contributed by atoms with E-state index in [0.29, 0.717) is 17.2 Å². The van der Waals surface area contributed by atoms with Crippen molar-refractivity contribution in [1.29, 1.82) is 0 Å². The van der Waals surface area contributed by atoms with Gasteiger partial charge in [0.25, 0.3) is 0 Å². The molecular formula is C18H30N2O. The van der Waals surface area contributed by atoms with Crippen molar-refractivity contribution in [3.8, 4) is 0 Å². The SMILES string of the molecule is CC(N)C1CCN(C(=O)CC23CC4CC(CC(C4)C2)C3)C1. The fourth-order valence-electron chi connectivity index (χ4n) is 6.38. The molecule has 2 N–H and O–H groups in total. The number of hydrogen-bond donors (Lipinski definition) is 1. The highest BCUT2D eigenvalue weighted by molar-refractivity contribution is 5.77. The van der Waals surface area contributed by atoms with E-state index in [2.05, 4.69) is 11.8 Å². The average Bonchev–Trinajstić information content (AvgIpc) is 2.85. The second kappa shape index (κ2) is 4.97. The molecule has 0 radical (unpaired) electrons. The number of carbonyl (C=O) groups is 1. The molecule has 0 aromatic carbocycles. The quantitative estimate of drug-likeness (QED) is 0.869. The predicted molar refractivity (Wildman–Crippen MR) is 83.6 cm³/mol. The third-order valence-corrected chi connectivity index (χ3v) is 7.01. The summed E-state index contributed by atoms with van der Waals surface area (Å²) in [5.74, 6) is 3.78. The molecule has 5 rings (SSSR count). The molecule has 4 bridgehead atoms. The van der Waals surface area contributed by atoms with Gasteiger partial charge in [0, 0.05) is 25.6 Å². The van der Waals surface area contributed by atoms with E-state index in [1.165, 1.54) is 38.5 Å². The highest BCUT2D eigenvalue weighted by atomic mass is 16.2. The van der Waals surface area contributed by atoms with E-state index < -0.39 is 0 Å². The number of nitrogens with two attached hydrogens (primary N) is 1. The zero-order valence-corrected chi connectivity index (χ0v) is 13.4. The monoisotopic (exact) mass is 290 g/mol. The molecule has 5 aliphatic rings. The normalized spacial score (nSPS) is 46.1. The second-order valence-electron chi connectivity index (χ2n) is 8.84. The van der Waals surface area contributed by atoms with E-state index in [4.69, 9.17) is 5.73 Å². The van der Waals surface area contributed by atoms with Gasteiger partial charge in [-0.15, -0.1) is 0 Å². The van der Waals surface area contributed by atoms with Crippen LogP contribution in [-0.2, 0) is 4.79 Å². The molecule has 118 valence electrons. The van der Waals surface area contributed by atoms with Crippen molar-refractivity contribution >= 4 is 5.91 Å². The highest BCUT2D eigenvalue weighted by Crippen LogP contribution is 2.61. The molecule has 3 nitrogen and oxygen atoms in total. The van der Waals surface area contributed by atoms with Crippen LogP contribution in [0.1, 0.15) is 58.3 Å². The first-order valence-corrected chi connectivity index (χ1v) is 9.06. The smallest absolute Gasteiger partial charge is 0.223 e. The van der Waals surface area contributed by atoms with Crippen LogP contribution < -0.4 is 5.73 Å². The van der Waals surface area contributed by atoms with Crippen molar-refractivity contribution in [2.45, 2.75) is 64.3 Å². The molecule has 0 aromatic heterocycles. The third-order valence-electron chi connectivity index (χ3n) is 7.01. The van der Waals surface area contributed by atoms with E-state index in [0.717, 1.165) is 43.7 Å². The molecule has 5 fully saturated rings. The summed E-state index contributed by atoms with van der Waals surface area (Å²) >= 11 is 0. The first-order chi connectivity index (χ1) is 10.0. The molecule has 0 aromatic rings. The molecule has 2 unspecified atom stereocenters. The zero-order chi connectivity index (χ0) is 14.6. The Bertz CT molecular complexity index is 396. The van der Waals surface area contributed by atoms with Gasteiger partial charge in [0.2, 0.25) is 5.91 Å². The maximum atomic E-state index is 12.8. The molecule has 1 amide bonds. The lowest BCUT2D eigenvalue weighted by Crippen LogP contribution is -2.48. The summed E-state index contributed by atoms with van der Waals surface area (Å²) in [5.41, 5.74) is 6.40. The van der Waals surface area contributed by atoms with Gasteiger partial charge in [-0.1, -0.05) is 0 Å². The molecule has 1 heterocycles. The molecule has 2 atom stereocenters. The Kier molecular flexibility index (Phi) is 3.33. The minimum Gasteiger partial charge on any atom is -0.342 e. The van der Waals surface area contributed by atoms with Crippen LogP contribution in [0.2, 0.25) is 0 Å². The summed E-state index contributed by atoms with van der Waals surface area (Å²) in [6.45, 7) is 3.93. The van der Waals surface area contributed by atoms with E-state index in [1.54, 1.807) is 0 Å². The lowest BCUT2D eigenvalue weighted by atomic mass is 9.49. The fourth-order valence-corrected chi connectivity index (χ4v) is 6.38. The maximum absolute atomic E-state index is 12.8. The number of nitrogens with zero attached hydrogens (tertiary/aromatic N) is 1. The van der Waals surface area contributed by atoms with Gasteiger partial charge >= 0.3 is 0 Å². The number of rotatable bonds is 3. The van der Waals surface area contributed by atoms with Crippen LogP contribution in [0.3, 0.4) is 0 Å². The average molecular weight is 290 g/mol. The lowest BCUT2D eigenvalue weighted by molar-refractivity contribution is -0.138. The second-order valence-corrected chi connectivity index (χ2v) is 8.84. The topological polar surface area (TPSA) is 46.3 Å². The van der Waals surface area contributed by atoms with Crippen LogP contribution in [0.15, 0.2) is 0 Å². The van der Waals surface area contributed by atoms with Gasteiger partial charge in [-0.2, -0.15) is 0 Å². The van der Waals surface area contributed by atoms with E-state index in [-0.39, 0.29) is 6.04 Å². The number of carbonyl (C=O) groups excluding carboxylic acids is 1. The molecule has 4 aliphatic carbocycles. The summed E-state index contributed by atoms with van der Waals surface area (Å²) in [7, 11) is 0. The maximum Gasteiger partial charge on any atom is 0.223 e. The Balaban J connectivity index is 1.41. The summed E-state index contributed by atoms with van der Waals surface area (Å²) in [4.78, 5) is 14.9. The van der Waals surface area contributed by atoms with Crippen molar-refractivity contribution in [3.05, 3.63) is 0 Å². The van der Waals surface area contributed by atoms with Crippen molar-refractivity contribution in [2.75, 3.05) is 13.1 Å². The molecule has 1 aliphatic heterocycles. The minimum absolute atomic E-state index is 0.224. The minimum atomic E-state index is 0.224. The summed E-state index contributed by atoms with van der Waals surface area (Å²) in [5, 5.41) is 0. The Labute approximate surface area is 128 Å². The highest BCUT2D eigenvalue weighted by Gasteiger charge is 2.51. The summed E-state index contributed by atoms with van der Waals surface area (Å²) in [6.07, 6.45) is 10.4. The zero-order valence-electron chi connectivity index (χ0n) is 13.4. The fraction of sp³-hybridized carbons (Fsp3) is 0.944. The van der Waals surface area contributed by atoms with Gasteiger partial charge in [0.05, 0.1) is 0 Å². The van der Waals surface area contributed by atoms with E-state index in [1.807, 2.05) is 0 Å². The Morgan fingerprint density at radius 3 is 2.24 bits per heavy atom. The Morgan fingerprint density at radius 2 is 1.76 bits per heavy atom. The molecule has 4 saturated carbocycles. The summed E-state index contributed by atoms with van der Waals surface area (Å²) in [6, 6.07) is 0.224.